The summed E-state index contributed by atoms with van der Waals surface area (Å²) in [4.78, 5) is 41.4. The van der Waals surface area contributed by atoms with Crippen molar-refractivity contribution in [2.75, 3.05) is 25.0 Å². The number of amidine groups is 1. The fourth-order valence-corrected chi connectivity index (χ4v) is 6.62. The fourth-order valence-electron chi connectivity index (χ4n) is 5.65. The van der Waals surface area contributed by atoms with Crippen LogP contribution in [0, 0.1) is 13.8 Å². The fraction of sp³-hybridized carbons (Fsp3) is 0.613. The van der Waals surface area contributed by atoms with Crippen LogP contribution >= 0.6 is 0 Å². The molecule has 232 valence electrons. The number of nitrogens with two attached hydrogens (primary N) is 2. The third kappa shape index (κ3) is 9.57. The molecule has 11 heteroatoms. The Balaban J connectivity index is 1.40. The van der Waals surface area contributed by atoms with E-state index < -0.39 is 22.9 Å². The first-order valence-electron chi connectivity index (χ1n) is 15.2. The Kier molecular flexibility index (Phi) is 12.9. The molecule has 1 unspecified atom stereocenters. The summed E-state index contributed by atoms with van der Waals surface area (Å²) in [6, 6.07) is 3.25. The molecule has 0 saturated carbocycles. The third-order valence-corrected chi connectivity index (χ3v) is 9.56. The van der Waals surface area contributed by atoms with Gasteiger partial charge in [-0.3, -0.25) is 19.5 Å². The minimum Gasteiger partial charge on any atom is -0.593 e. The maximum atomic E-state index is 13.1. The van der Waals surface area contributed by atoms with Gasteiger partial charge in [0.05, 0.1) is 11.4 Å². The Labute approximate surface area is 253 Å². The average Bonchev–Trinajstić information content (AvgIpc) is 3.24. The van der Waals surface area contributed by atoms with E-state index in [4.69, 9.17) is 16.5 Å². The molecule has 2 aliphatic rings. The van der Waals surface area contributed by atoms with E-state index in [9.17, 15) is 18.9 Å². The molecule has 2 heterocycles. The smallest absolute Gasteiger partial charge is 0.318 e. The molecule has 4 amide bonds. The van der Waals surface area contributed by atoms with Crippen molar-refractivity contribution in [1.82, 2.24) is 9.62 Å². The summed E-state index contributed by atoms with van der Waals surface area (Å²) in [5.74, 6) is 0.555. The second-order valence-corrected chi connectivity index (χ2v) is 12.9. The van der Waals surface area contributed by atoms with Crippen LogP contribution in [0.3, 0.4) is 0 Å². The first kappa shape index (κ1) is 33.6. The Morgan fingerprint density at radius 2 is 1.57 bits per heavy atom. The van der Waals surface area contributed by atoms with E-state index in [1.165, 1.54) is 30.6 Å². The molecule has 0 aromatic heterocycles. The zero-order valence-electron chi connectivity index (χ0n) is 25.5. The lowest BCUT2D eigenvalue weighted by Crippen LogP contribution is -2.50. The van der Waals surface area contributed by atoms with Gasteiger partial charge < -0.3 is 21.3 Å². The molecule has 1 atom stereocenters. The van der Waals surface area contributed by atoms with Gasteiger partial charge in [0.15, 0.2) is 0 Å². The van der Waals surface area contributed by atoms with Crippen LogP contribution in [0.25, 0.3) is 6.08 Å². The van der Waals surface area contributed by atoms with E-state index in [1.54, 1.807) is 12.5 Å². The van der Waals surface area contributed by atoms with Crippen LogP contribution in [-0.4, -0.2) is 58.2 Å². The molecule has 2 aliphatic heterocycles. The van der Waals surface area contributed by atoms with Gasteiger partial charge in [0, 0.05) is 38.7 Å². The van der Waals surface area contributed by atoms with Crippen molar-refractivity contribution in [3.63, 3.8) is 0 Å². The van der Waals surface area contributed by atoms with Gasteiger partial charge in [0.25, 0.3) is 5.91 Å². The van der Waals surface area contributed by atoms with E-state index >= 15 is 0 Å². The monoisotopic (exact) mass is 600 g/mol. The van der Waals surface area contributed by atoms with Gasteiger partial charge in [-0.05, 0) is 74.4 Å². The predicted octanol–water partition coefficient (Wildman–Crippen LogP) is 4.59. The number of hydrogen-bond donors (Lipinski definition) is 3. The maximum absolute atomic E-state index is 13.1. The Morgan fingerprint density at radius 3 is 2.12 bits per heavy atom. The number of aliphatic imine (C=N–C) groups is 1. The molecule has 1 fully saturated rings. The van der Waals surface area contributed by atoms with Gasteiger partial charge >= 0.3 is 6.03 Å². The molecule has 0 aliphatic carbocycles. The molecular weight excluding hydrogens is 552 g/mol. The van der Waals surface area contributed by atoms with Crippen molar-refractivity contribution in [2.24, 2.45) is 16.5 Å². The lowest BCUT2D eigenvalue weighted by Gasteiger charge is -2.34. The highest BCUT2D eigenvalue weighted by molar-refractivity contribution is 7.92. The summed E-state index contributed by atoms with van der Waals surface area (Å²) in [5, 5.41) is 4.71. The lowest BCUT2D eigenvalue weighted by atomic mass is 9.89. The molecule has 1 saturated heterocycles. The molecule has 0 bridgehead atoms. The number of hydrogen-bond acceptors (Lipinski definition) is 6. The highest BCUT2D eigenvalue weighted by Crippen LogP contribution is 2.32. The molecule has 5 N–H and O–H groups in total. The molecule has 0 radical (unpaired) electrons. The van der Waals surface area contributed by atoms with Gasteiger partial charge in [-0.25, -0.2) is 4.79 Å². The number of rotatable bonds is 16. The summed E-state index contributed by atoms with van der Waals surface area (Å²) >= 11 is -1.33. The largest absolute Gasteiger partial charge is 0.593 e. The van der Waals surface area contributed by atoms with Crippen LogP contribution in [0.4, 0.5) is 10.5 Å². The minimum absolute atomic E-state index is 0.0259. The van der Waals surface area contributed by atoms with Gasteiger partial charge in [0.2, 0.25) is 5.91 Å². The van der Waals surface area contributed by atoms with Crippen molar-refractivity contribution < 1.29 is 18.9 Å². The number of unbranched alkanes of at least 4 members (excludes halogenated alkanes) is 8. The summed E-state index contributed by atoms with van der Waals surface area (Å²) in [7, 11) is 1.63. The molecule has 3 rings (SSSR count). The molecule has 1 aromatic rings. The van der Waals surface area contributed by atoms with E-state index in [1.807, 2.05) is 36.4 Å². The van der Waals surface area contributed by atoms with E-state index in [2.05, 4.69) is 5.32 Å². The van der Waals surface area contributed by atoms with E-state index in [0.29, 0.717) is 38.0 Å². The van der Waals surface area contributed by atoms with Crippen LogP contribution in [0.1, 0.15) is 100 Å². The topological polar surface area (TPSA) is 157 Å². The Bertz CT molecular complexity index is 1140. The first-order chi connectivity index (χ1) is 20.0. The summed E-state index contributed by atoms with van der Waals surface area (Å²) < 4.78 is 15.0. The van der Waals surface area contributed by atoms with Crippen LogP contribution in [-0.2, 0) is 21.0 Å². The molecule has 1 aromatic carbocycles. The lowest BCUT2D eigenvalue weighted by molar-refractivity contribution is -0.125. The predicted molar refractivity (Wildman–Crippen MR) is 170 cm³/mol. The van der Waals surface area contributed by atoms with Crippen LogP contribution in [0.15, 0.2) is 22.5 Å². The molecular formula is C31H48N6O4S. The second-order valence-electron chi connectivity index (χ2n) is 11.6. The van der Waals surface area contributed by atoms with Crippen molar-refractivity contribution in [3.8, 4) is 0 Å². The number of nitrogens with one attached hydrogen (secondary N) is 1. The minimum atomic E-state index is -1.33. The van der Waals surface area contributed by atoms with Crippen LogP contribution in [0.2, 0.25) is 0 Å². The number of anilines is 1. The number of carbonyl (C=O) groups is 3. The summed E-state index contributed by atoms with van der Waals surface area (Å²) in [5.41, 5.74) is 13.4. The number of amides is 4. The molecule has 42 heavy (non-hydrogen) atoms. The number of piperidine rings is 1. The Morgan fingerprint density at radius 1 is 1.02 bits per heavy atom. The standard InChI is InChI=1S/C31H48N6O4S/c1-23-21-25(36(3)30(33)40)22-24(2)26(23)15-20-42(41)37-18-16-31(17-19-37)29(39)34-28(35-31)14-12-10-8-6-4-5-7-9-11-13-27(32)38/h15,20-22H,4-14,16-19H2,1-3H3,(H2,32,38)(H2,33,40)(H,34,35,39)/b20-15+. The number of carbonyl (C=O) groups excluding carboxylic acids is 3. The Hall–Kier alpha value is -2.89. The van der Waals surface area contributed by atoms with Gasteiger partial charge in [0.1, 0.15) is 16.8 Å². The van der Waals surface area contributed by atoms with Gasteiger partial charge in [-0.15, -0.1) is 4.31 Å². The number of urea groups is 1. The quantitative estimate of drug-likeness (QED) is 0.187. The van der Waals surface area contributed by atoms with E-state index in [-0.39, 0.29) is 11.8 Å². The number of primary amides is 2. The zero-order chi connectivity index (χ0) is 30.7. The number of aryl methyl sites for hydroxylation is 2. The third-order valence-electron chi connectivity index (χ3n) is 8.32. The van der Waals surface area contributed by atoms with Crippen LogP contribution in [0.5, 0.6) is 0 Å². The van der Waals surface area contributed by atoms with Gasteiger partial charge in [-0.2, -0.15) is 0 Å². The van der Waals surface area contributed by atoms with Crippen LogP contribution < -0.4 is 21.7 Å². The van der Waals surface area contributed by atoms with Gasteiger partial charge in [-0.1, -0.05) is 44.9 Å². The molecule has 1 spiro atoms. The SMILES string of the molecule is Cc1cc(N(C)C(N)=O)cc(C)c1/C=C/[S+]([O-])N1CCC2(CC1)N=C(CCCCCCCCCCCC(N)=O)NC2=O. The highest BCUT2D eigenvalue weighted by atomic mass is 32.2. The number of nitrogens with zero attached hydrogens (tertiary/aromatic N) is 3. The zero-order valence-corrected chi connectivity index (χ0v) is 26.3. The second kappa shape index (κ2) is 16.1. The van der Waals surface area contributed by atoms with Crippen molar-refractivity contribution in [3.05, 3.63) is 34.2 Å². The summed E-state index contributed by atoms with van der Waals surface area (Å²) in [6.45, 7) is 4.96. The molecule has 10 nitrogen and oxygen atoms in total. The maximum Gasteiger partial charge on any atom is 0.318 e. The van der Waals surface area contributed by atoms with Crippen molar-refractivity contribution in [1.29, 1.82) is 0 Å². The highest BCUT2D eigenvalue weighted by Gasteiger charge is 2.47. The average molecular weight is 601 g/mol. The summed E-state index contributed by atoms with van der Waals surface area (Å²) in [6.07, 6.45) is 14.3. The van der Waals surface area contributed by atoms with Crippen molar-refractivity contribution in [2.45, 2.75) is 103 Å². The normalized spacial score (nSPS) is 17.4. The van der Waals surface area contributed by atoms with Crippen molar-refractivity contribution >= 4 is 46.8 Å². The van der Waals surface area contributed by atoms with E-state index in [0.717, 1.165) is 61.1 Å². The first-order valence-corrected chi connectivity index (χ1v) is 16.4. The number of benzene rings is 1.